The van der Waals surface area contributed by atoms with Gasteiger partial charge in [-0.2, -0.15) is 0 Å². The number of urea groups is 1. The van der Waals surface area contributed by atoms with Gasteiger partial charge in [-0.1, -0.05) is 48.5 Å². The molecule has 1 aliphatic carbocycles. The number of H-pyrrole nitrogens is 1. The van der Waals surface area contributed by atoms with E-state index in [2.05, 4.69) is 35.3 Å². The number of anilines is 2. The van der Waals surface area contributed by atoms with Crippen molar-refractivity contribution in [3.8, 4) is 5.69 Å². The van der Waals surface area contributed by atoms with Crippen LogP contribution >= 0.6 is 0 Å². The predicted octanol–water partition coefficient (Wildman–Crippen LogP) is 5.33. The number of aromatic amines is 1. The molecule has 59 heavy (non-hydrogen) atoms. The van der Waals surface area contributed by atoms with Crippen LogP contribution in [0, 0.1) is 5.92 Å². The molecule has 302 valence electrons. The van der Waals surface area contributed by atoms with Gasteiger partial charge < -0.3 is 18.9 Å². The zero-order valence-electron chi connectivity index (χ0n) is 32.9. The van der Waals surface area contributed by atoms with Gasteiger partial charge in [0.05, 0.1) is 24.5 Å². The number of methoxy groups -OCH3 is 1. The first kappa shape index (κ1) is 37.0. The largest absolute Gasteiger partial charge is 0.438 e. The molecule has 0 spiro atoms. The van der Waals surface area contributed by atoms with Crippen LogP contribution in [0.15, 0.2) is 93.0 Å². The summed E-state index contributed by atoms with van der Waals surface area (Å²) < 4.78 is 19.6. The summed E-state index contributed by atoms with van der Waals surface area (Å²) in [6, 6.07) is 24.9. The third kappa shape index (κ3) is 6.18. The van der Waals surface area contributed by atoms with Gasteiger partial charge in [0, 0.05) is 62.1 Å². The van der Waals surface area contributed by atoms with Crippen molar-refractivity contribution >= 4 is 34.5 Å². The molecule has 0 unspecified atom stereocenters. The van der Waals surface area contributed by atoms with Gasteiger partial charge in [-0.15, -0.1) is 0 Å². The lowest BCUT2D eigenvalue weighted by molar-refractivity contribution is 0.0717. The lowest BCUT2D eigenvalue weighted by Crippen LogP contribution is -2.43. The molecule has 3 aromatic heterocycles. The first-order valence-corrected chi connectivity index (χ1v) is 20.2. The fourth-order valence-electron chi connectivity index (χ4n) is 9.43. The summed E-state index contributed by atoms with van der Waals surface area (Å²) in [5, 5.41) is 5.05. The summed E-state index contributed by atoms with van der Waals surface area (Å²) in [5.74, 6) is 0.0664. The van der Waals surface area contributed by atoms with Crippen LogP contribution in [0.1, 0.15) is 70.8 Å². The SMILES string of the molecule is COCc1cccc(-n2c(N3CCN(c4ccccc4)C3=O)nc3c(c2=O)CCN(C(=O)c2cc4cc(C5CCOCC5)ccc4n2[C@@]2(c4noc(=O)[nH]4)C[C@@H]2C)C3)c1. The second-order valence-electron chi connectivity index (χ2n) is 16.0. The molecule has 15 nitrogen and oxygen atoms in total. The van der Waals surface area contributed by atoms with Crippen LogP contribution in [0.3, 0.4) is 0 Å². The number of aromatic nitrogens is 5. The molecule has 3 fully saturated rings. The average molecular weight is 797 g/mol. The Kier molecular flexibility index (Phi) is 9.09. The predicted molar refractivity (Wildman–Crippen MR) is 218 cm³/mol. The van der Waals surface area contributed by atoms with Crippen molar-refractivity contribution < 1.29 is 23.6 Å². The fraction of sp³-hybridized carbons (Fsp3) is 0.364. The number of carbonyl (C=O) groups excluding carboxylic acids is 2. The average Bonchev–Trinajstić information content (AvgIpc) is 3.58. The summed E-state index contributed by atoms with van der Waals surface area (Å²) in [6.45, 7) is 4.88. The number of para-hydroxylation sites is 1. The van der Waals surface area contributed by atoms with Gasteiger partial charge in [0.2, 0.25) is 5.95 Å². The first-order valence-electron chi connectivity index (χ1n) is 20.2. The van der Waals surface area contributed by atoms with Crippen LogP contribution in [-0.2, 0) is 34.6 Å². The van der Waals surface area contributed by atoms with Gasteiger partial charge in [0.1, 0.15) is 11.2 Å². The molecule has 6 aromatic rings. The van der Waals surface area contributed by atoms with E-state index in [1.54, 1.807) is 21.8 Å². The van der Waals surface area contributed by atoms with Crippen molar-refractivity contribution in [3.05, 3.63) is 134 Å². The van der Waals surface area contributed by atoms with E-state index in [-0.39, 0.29) is 48.9 Å². The molecule has 0 bridgehead atoms. The molecule has 10 rings (SSSR count). The van der Waals surface area contributed by atoms with E-state index in [4.69, 9.17) is 19.0 Å². The molecule has 2 atom stereocenters. The molecule has 3 amide bonds. The minimum atomic E-state index is -0.802. The molecule has 15 heteroatoms. The van der Waals surface area contributed by atoms with Crippen LogP contribution in [0.4, 0.5) is 16.4 Å². The molecular formula is C44H44N8O7. The molecule has 1 N–H and O–H groups in total. The summed E-state index contributed by atoms with van der Waals surface area (Å²) in [5.41, 5.74) is 4.52. The Bertz CT molecular complexity index is 2730. The number of benzene rings is 3. The number of fused-ring (bicyclic) bond motifs is 2. The van der Waals surface area contributed by atoms with E-state index in [0.29, 0.717) is 73.7 Å². The third-order valence-corrected chi connectivity index (χ3v) is 12.6. The van der Waals surface area contributed by atoms with Gasteiger partial charge in [0.15, 0.2) is 5.82 Å². The minimum Gasteiger partial charge on any atom is -0.381 e. The Labute approximate surface area is 338 Å². The molecule has 1 saturated carbocycles. The van der Waals surface area contributed by atoms with E-state index in [9.17, 15) is 14.4 Å². The summed E-state index contributed by atoms with van der Waals surface area (Å²) >= 11 is 0. The number of nitrogens with zero attached hydrogens (tertiary/aromatic N) is 7. The van der Waals surface area contributed by atoms with E-state index in [1.165, 1.54) is 10.1 Å². The minimum absolute atomic E-state index is 0.0428. The second-order valence-corrected chi connectivity index (χ2v) is 16.0. The van der Waals surface area contributed by atoms with Gasteiger partial charge in [-0.3, -0.25) is 28.9 Å². The topological polar surface area (TPSA) is 161 Å². The summed E-state index contributed by atoms with van der Waals surface area (Å²) in [7, 11) is 1.61. The molecular weight excluding hydrogens is 753 g/mol. The van der Waals surface area contributed by atoms with Crippen LogP contribution < -0.4 is 21.1 Å². The number of rotatable bonds is 9. The van der Waals surface area contributed by atoms with Crippen LogP contribution in [0.5, 0.6) is 0 Å². The highest BCUT2D eigenvalue weighted by molar-refractivity contribution is 6.05. The quantitative estimate of drug-likeness (QED) is 0.204. The fourth-order valence-corrected chi connectivity index (χ4v) is 9.43. The maximum atomic E-state index is 15.0. The zero-order chi connectivity index (χ0) is 40.4. The van der Waals surface area contributed by atoms with Crippen LogP contribution in [0.2, 0.25) is 0 Å². The van der Waals surface area contributed by atoms with E-state index in [1.807, 2.05) is 65.2 Å². The number of ether oxygens (including phenoxy) is 2. The lowest BCUT2D eigenvalue weighted by Gasteiger charge is -2.31. The number of amides is 3. The Morgan fingerprint density at radius 1 is 0.932 bits per heavy atom. The molecule has 3 aromatic carbocycles. The molecule has 4 aliphatic rings. The smallest absolute Gasteiger partial charge is 0.381 e. The van der Waals surface area contributed by atoms with Crippen molar-refractivity contribution in [2.24, 2.45) is 5.92 Å². The highest BCUT2D eigenvalue weighted by Gasteiger charge is 2.59. The maximum absolute atomic E-state index is 15.0. The van der Waals surface area contributed by atoms with Gasteiger partial charge in [-0.25, -0.2) is 19.1 Å². The Hall–Kier alpha value is -6.32. The van der Waals surface area contributed by atoms with Crippen molar-refractivity contribution in [2.75, 3.05) is 49.8 Å². The van der Waals surface area contributed by atoms with E-state index in [0.717, 1.165) is 35.0 Å². The van der Waals surface area contributed by atoms with E-state index < -0.39 is 11.3 Å². The van der Waals surface area contributed by atoms with Crippen molar-refractivity contribution in [1.82, 2.24) is 29.2 Å². The Balaban J connectivity index is 1.06. The second kappa shape index (κ2) is 14.5. The van der Waals surface area contributed by atoms with Gasteiger partial charge in [-0.05, 0) is 91.1 Å². The summed E-state index contributed by atoms with van der Waals surface area (Å²) in [6.07, 6.45) is 2.76. The standard InChI is InChI=1S/C44H44N8O7/c1-27-24-44(27,40-46-42(55)59-47-40)52-36-12-11-30(29-14-19-58-20-15-29)22-31(36)23-37(52)39(54)48-16-13-34-35(25-48)45-41(50-18-17-49(43(50)56)32-8-4-3-5-9-32)51(38(34)53)33-10-6-7-28(21-33)26-57-2/h3-12,21-23,27,29H,13-20,24-26H2,1-2H3,(H,46,47,55)/t27-,44-/m0/s1. The third-order valence-electron chi connectivity index (χ3n) is 12.6. The van der Waals surface area contributed by atoms with Crippen molar-refractivity contribution in [2.45, 2.75) is 57.2 Å². The highest BCUT2D eigenvalue weighted by Crippen LogP contribution is 2.56. The Morgan fingerprint density at radius 2 is 1.71 bits per heavy atom. The number of hydrogen-bond donors (Lipinski definition) is 1. The number of carbonyl (C=O) groups is 2. The Morgan fingerprint density at radius 3 is 2.46 bits per heavy atom. The highest BCUT2D eigenvalue weighted by atomic mass is 16.5. The van der Waals surface area contributed by atoms with Crippen LogP contribution in [0.25, 0.3) is 16.6 Å². The number of nitrogens with one attached hydrogen (secondary N) is 1. The molecule has 0 radical (unpaired) electrons. The van der Waals surface area contributed by atoms with Crippen molar-refractivity contribution in [3.63, 3.8) is 0 Å². The van der Waals surface area contributed by atoms with Gasteiger partial charge in [0.25, 0.3) is 11.5 Å². The molecule has 6 heterocycles. The van der Waals surface area contributed by atoms with Crippen molar-refractivity contribution in [1.29, 1.82) is 0 Å². The van der Waals surface area contributed by atoms with Gasteiger partial charge >= 0.3 is 11.8 Å². The lowest BCUT2D eigenvalue weighted by atomic mass is 9.91. The normalized spacial score (nSPS) is 20.7. The van der Waals surface area contributed by atoms with Crippen LogP contribution in [-0.4, -0.2) is 81.1 Å². The molecule has 2 saturated heterocycles. The molecule has 3 aliphatic heterocycles. The monoisotopic (exact) mass is 796 g/mol. The van der Waals surface area contributed by atoms with E-state index >= 15 is 4.79 Å². The number of hydrogen-bond acceptors (Lipinski definition) is 9. The summed E-state index contributed by atoms with van der Waals surface area (Å²) in [4.78, 5) is 69.0. The zero-order valence-corrected chi connectivity index (χ0v) is 32.9. The first-order chi connectivity index (χ1) is 28.7. The maximum Gasteiger partial charge on any atom is 0.438 e.